The number of aryl methyl sites for hydroxylation is 1. The van der Waals surface area contributed by atoms with Crippen LogP contribution in [-0.2, 0) is 0 Å². The standard InChI is InChI=1S/C24H17BrN4O/c1-14-11-17(15-5-3-2-4-6-15)12-19(21(14)16-7-9-18(25)10-8-16)23-27-20-13-26-29-22(20)24(30)28-23/h2-13H,1H3,(H,26,29)(H,27,28,30). The second-order valence-corrected chi connectivity index (χ2v) is 8.05. The van der Waals surface area contributed by atoms with Crippen LogP contribution in [0, 0.1) is 6.92 Å². The van der Waals surface area contributed by atoms with E-state index in [0.29, 0.717) is 16.9 Å². The van der Waals surface area contributed by atoms with Crippen LogP contribution in [-0.4, -0.2) is 20.2 Å². The summed E-state index contributed by atoms with van der Waals surface area (Å²) in [7, 11) is 0. The molecule has 5 rings (SSSR count). The van der Waals surface area contributed by atoms with Crippen molar-refractivity contribution in [3.8, 4) is 33.6 Å². The van der Waals surface area contributed by atoms with E-state index in [4.69, 9.17) is 0 Å². The van der Waals surface area contributed by atoms with E-state index in [9.17, 15) is 4.79 Å². The molecular weight excluding hydrogens is 440 g/mol. The van der Waals surface area contributed by atoms with Gasteiger partial charge in [-0.05, 0) is 52.9 Å². The first kappa shape index (κ1) is 18.5. The highest BCUT2D eigenvalue weighted by Crippen LogP contribution is 2.37. The zero-order valence-corrected chi connectivity index (χ0v) is 17.7. The van der Waals surface area contributed by atoms with Crippen LogP contribution in [0.1, 0.15) is 5.56 Å². The van der Waals surface area contributed by atoms with Gasteiger partial charge in [-0.1, -0.05) is 64.5 Å². The molecule has 5 aromatic rings. The Bertz CT molecular complexity index is 1420. The fraction of sp³-hybridized carbons (Fsp3) is 0.0417. The molecule has 6 heteroatoms. The molecule has 0 amide bonds. The second-order valence-electron chi connectivity index (χ2n) is 7.13. The summed E-state index contributed by atoms with van der Waals surface area (Å²) in [5.41, 5.74) is 6.92. The molecule has 0 aliphatic rings. The quantitative estimate of drug-likeness (QED) is 0.364. The minimum atomic E-state index is -0.239. The lowest BCUT2D eigenvalue weighted by Gasteiger charge is -2.16. The molecule has 0 fully saturated rings. The molecular formula is C24H17BrN4O. The minimum Gasteiger partial charge on any atom is -0.305 e. The molecule has 0 saturated heterocycles. The monoisotopic (exact) mass is 456 g/mol. The van der Waals surface area contributed by atoms with Crippen LogP contribution in [0.15, 0.2) is 82.2 Å². The number of nitrogens with zero attached hydrogens (tertiary/aromatic N) is 2. The average Bonchev–Trinajstić information content (AvgIpc) is 3.24. The molecule has 0 radical (unpaired) electrons. The molecule has 2 aromatic heterocycles. The number of hydrogen-bond donors (Lipinski definition) is 2. The summed E-state index contributed by atoms with van der Waals surface area (Å²) in [5.74, 6) is 0.521. The molecule has 30 heavy (non-hydrogen) atoms. The second kappa shape index (κ2) is 7.39. The van der Waals surface area contributed by atoms with Crippen molar-refractivity contribution in [2.75, 3.05) is 0 Å². The molecule has 0 aliphatic heterocycles. The molecule has 0 bridgehead atoms. The van der Waals surface area contributed by atoms with Gasteiger partial charge in [0, 0.05) is 10.0 Å². The first-order chi connectivity index (χ1) is 14.6. The van der Waals surface area contributed by atoms with Crippen molar-refractivity contribution in [1.82, 2.24) is 20.2 Å². The fourth-order valence-electron chi connectivity index (χ4n) is 3.75. The Kier molecular flexibility index (Phi) is 4.56. The van der Waals surface area contributed by atoms with Crippen molar-refractivity contribution in [2.45, 2.75) is 6.92 Å². The lowest BCUT2D eigenvalue weighted by Crippen LogP contribution is -2.10. The van der Waals surface area contributed by atoms with Crippen molar-refractivity contribution in [3.05, 3.63) is 93.3 Å². The van der Waals surface area contributed by atoms with Crippen LogP contribution in [0.5, 0.6) is 0 Å². The number of aromatic nitrogens is 4. The molecule has 3 aromatic carbocycles. The smallest absolute Gasteiger partial charge is 0.277 e. The summed E-state index contributed by atoms with van der Waals surface area (Å²) in [5, 5.41) is 6.66. The van der Waals surface area contributed by atoms with Gasteiger partial charge in [0.05, 0.1) is 6.20 Å². The fourth-order valence-corrected chi connectivity index (χ4v) is 4.01. The number of aromatic amines is 2. The van der Waals surface area contributed by atoms with Gasteiger partial charge in [0.15, 0.2) is 0 Å². The maximum Gasteiger partial charge on any atom is 0.277 e. The van der Waals surface area contributed by atoms with Crippen LogP contribution in [0.4, 0.5) is 0 Å². The number of nitrogens with one attached hydrogen (secondary N) is 2. The third-order valence-corrected chi connectivity index (χ3v) is 5.67. The predicted octanol–water partition coefficient (Wildman–Crippen LogP) is 5.72. The number of benzene rings is 3. The van der Waals surface area contributed by atoms with Gasteiger partial charge in [0.2, 0.25) is 0 Å². The lowest BCUT2D eigenvalue weighted by molar-refractivity contribution is 1.10. The van der Waals surface area contributed by atoms with Gasteiger partial charge in [0.25, 0.3) is 5.56 Å². The maximum atomic E-state index is 12.6. The summed E-state index contributed by atoms with van der Waals surface area (Å²) >= 11 is 3.50. The van der Waals surface area contributed by atoms with Crippen LogP contribution in [0.25, 0.3) is 44.7 Å². The van der Waals surface area contributed by atoms with E-state index in [1.165, 1.54) is 0 Å². The third kappa shape index (κ3) is 3.25. The third-order valence-electron chi connectivity index (χ3n) is 5.14. The highest BCUT2D eigenvalue weighted by Gasteiger charge is 2.16. The zero-order valence-electron chi connectivity index (χ0n) is 16.1. The first-order valence-electron chi connectivity index (χ1n) is 9.50. The number of hydrogen-bond acceptors (Lipinski definition) is 3. The summed E-state index contributed by atoms with van der Waals surface area (Å²) in [6.45, 7) is 2.09. The summed E-state index contributed by atoms with van der Waals surface area (Å²) in [6, 6.07) is 22.6. The van der Waals surface area contributed by atoms with Gasteiger partial charge in [-0.3, -0.25) is 9.89 Å². The summed E-state index contributed by atoms with van der Waals surface area (Å²) in [4.78, 5) is 20.2. The van der Waals surface area contributed by atoms with Crippen molar-refractivity contribution in [2.24, 2.45) is 0 Å². The maximum absolute atomic E-state index is 12.6. The number of rotatable bonds is 3. The van der Waals surface area contributed by atoms with Gasteiger partial charge < -0.3 is 4.98 Å². The Morgan fingerprint density at radius 1 is 0.900 bits per heavy atom. The Hall–Kier alpha value is -3.51. The molecule has 0 saturated carbocycles. The van der Waals surface area contributed by atoms with Crippen molar-refractivity contribution < 1.29 is 0 Å². The Morgan fingerprint density at radius 3 is 2.43 bits per heavy atom. The normalized spacial score (nSPS) is 11.1. The van der Waals surface area contributed by atoms with E-state index in [1.807, 2.05) is 30.3 Å². The van der Waals surface area contributed by atoms with Gasteiger partial charge in [-0.25, -0.2) is 4.98 Å². The van der Waals surface area contributed by atoms with Crippen molar-refractivity contribution >= 4 is 27.0 Å². The Morgan fingerprint density at radius 2 is 1.67 bits per heavy atom. The molecule has 0 unspecified atom stereocenters. The highest BCUT2D eigenvalue weighted by molar-refractivity contribution is 9.10. The van der Waals surface area contributed by atoms with Crippen molar-refractivity contribution in [3.63, 3.8) is 0 Å². The van der Waals surface area contributed by atoms with Crippen LogP contribution in [0.2, 0.25) is 0 Å². The molecule has 2 N–H and O–H groups in total. The van der Waals surface area contributed by atoms with Gasteiger partial charge in [-0.15, -0.1) is 0 Å². The van der Waals surface area contributed by atoms with E-state index in [-0.39, 0.29) is 5.56 Å². The minimum absolute atomic E-state index is 0.239. The molecule has 146 valence electrons. The first-order valence-corrected chi connectivity index (χ1v) is 10.3. The molecule has 2 heterocycles. The van der Waals surface area contributed by atoms with E-state index in [0.717, 1.165) is 37.9 Å². The number of halogens is 1. The summed E-state index contributed by atoms with van der Waals surface area (Å²) in [6.07, 6.45) is 1.57. The highest BCUT2D eigenvalue weighted by atomic mass is 79.9. The van der Waals surface area contributed by atoms with E-state index >= 15 is 0 Å². The number of fused-ring (bicyclic) bond motifs is 1. The van der Waals surface area contributed by atoms with Gasteiger partial charge >= 0.3 is 0 Å². The topological polar surface area (TPSA) is 74.4 Å². The van der Waals surface area contributed by atoms with Gasteiger partial charge in [-0.2, -0.15) is 5.10 Å². The Labute approximate surface area is 181 Å². The van der Waals surface area contributed by atoms with Crippen LogP contribution in [0.3, 0.4) is 0 Å². The largest absolute Gasteiger partial charge is 0.305 e. The molecule has 0 spiro atoms. The van der Waals surface area contributed by atoms with E-state index in [2.05, 4.69) is 79.4 Å². The van der Waals surface area contributed by atoms with Crippen LogP contribution >= 0.6 is 15.9 Å². The average molecular weight is 457 g/mol. The molecule has 0 atom stereocenters. The van der Waals surface area contributed by atoms with E-state index < -0.39 is 0 Å². The molecule has 5 nitrogen and oxygen atoms in total. The summed E-state index contributed by atoms with van der Waals surface area (Å²) < 4.78 is 1.01. The molecule has 0 aliphatic carbocycles. The SMILES string of the molecule is Cc1cc(-c2ccccc2)cc(-c2nc3cn[nH]c3c(=O)[nH]2)c1-c1ccc(Br)cc1. The van der Waals surface area contributed by atoms with E-state index in [1.54, 1.807) is 6.20 Å². The number of H-pyrrole nitrogens is 2. The zero-order chi connectivity index (χ0) is 20.7. The lowest BCUT2D eigenvalue weighted by atomic mass is 9.90. The van der Waals surface area contributed by atoms with Crippen LogP contribution < -0.4 is 5.56 Å². The van der Waals surface area contributed by atoms with Crippen molar-refractivity contribution in [1.29, 1.82) is 0 Å². The predicted molar refractivity (Wildman–Crippen MR) is 123 cm³/mol. The van der Waals surface area contributed by atoms with Gasteiger partial charge in [0.1, 0.15) is 16.9 Å². The Balaban J connectivity index is 1.82.